The number of rotatable bonds is 5. The minimum atomic E-state index is -0.974. The summed E-state index contributed by atoms with van der Waals surface area (Å²) < 4.78 is 22.2. The first-order valence-electron chi connectivity index (χ1n) is 10.6. The van der Waals surface area contributed by atoms with E-state index in [0.29, 0.717) is 40.3 Å². The summed E-state index contributed by atoms with van der Waals surface area (Å²) in [5.74, 6) is 2.10. The van der Waals surface area contributed by atoms with Gasteiger partial charge in [0.05, 0.1) is 6.33 Å². The van der Waals surface area contributed by atoms with E-state index in [9.17, 15) is 9.18 Å². The Bertz CT molecular complexity index is 1430. The fourth-order valence-electron chi connectivity index (χ4n) is 4.81. The second-order valence-corrected chi connectivity index (χ2v) is 8.66. The van der Waals surface area contributed by atoms with Gasteiger partial charge in [0.15, 0.2) is 17.0 Å². The van der Waals surface area contributed by atoms with Crippen molar-refractivity contribution in [3.63, 3.8) is 0 Å². The topological polar surface area (TPSA) is 91.6 Å². The third-order valence-corrected chi connectivity index (χ3v) is 6.58. The average molecular weight is 432 g/mol. The summed E-state index contributed by atoms with van der Waals surface area (Å²) in [6.07, 6.45) is 5.23. The zero-order valence-corrected chi connectivity index (χ0v) is 17.6. The molecule has 1 saturated carbocycles. The van der Waals surface area contributed by atoms with Crippen LogP contribution in [0.1, 0.15) is 48.3 Å². The summed E-state index contributed by atoms with van der Waals surface area (Å²) in [6, 6.07) is 7.71. The molecule has 4 atom stereocenters. The molecule has 0 N–H and O–H groups in total. The molecule has 0 aliphatic heterocycles. The van der Waals surface area contributed by atoms with E-state index in [-0.39, 0.29) is 18.0 Å². The molecule has 0 radical (unpaired) electrons. The van der Waals surface area contributed by atoms with Crippen molar-refractivity contribution in [2.75, 3.05) is 0 Å². The number of fused-ring (bicyclic) bond motifs is 2. The number of nitrogens with zero attached hydrogens (tertiary/aromatic N) is 6. The Kier molecular flexibility index (Phi) is 4.14. The number of halogens is 1. The van der Waals surface area contributed by atoms with Crippen LogP contribution in [0.2, 0.25) is 0 Å². The first kappa shape index (κ1) is 19.1. The average Bonchev–Trinajstić information content (AvgIpc) is 3.21. The molecule has 4 aromatic rings. The van der Waals surface area contributed by atoms with E-state index in [0.717, 1.165) is 12.0 Å². The van der Waals surface area contributed by atoms with Gasteiger partial charge >= 0.3 is 0 Å². The zero-order valence-electron chi connectivity index (χ0n) is 17.6. The highest BCUT2D eigenvalue weighted by atomic mass is 19.1. The molecular formula is C23H21FN6O2. The number of hydrogen-bond donors (Lipinski definition) is 0. The van der Waals surface area contributed by atoms with Crippen molar-refractivity contribution < 1.29 is 8.91 Å². The molecule has 0 spiro atoms. The van der Waals surface area contributed by atoms with Crippen LogP contribution in [0.4, 0.5) is 4.39 Å². The SMILES string of the molecule is CC(F)c1cccc(C2=CC3C(C2)C3c2noc(Cn3cnc4ncn(C)c4c3=O)n2)c1. The highest BCUT2D eigenvalue weighted by Gasteiger charge is 2.55. The van der Waals surface area contributed by atoms with Gasteiger partial charge in [-0.05, 0) is 47.9 Å². The molecule has 8 nitrogen and oxygen atoms in total. The molecule has 162 valence electrons. The van der Waals surface area contributed by atoms with E-state index in [4.69, 9.17) is 4.52 Å². The van der Waals surface area contributed by atoms with Crippen molar-refractivity contribution in [3.05, 3.63) is 76.2 Å². The number of aryl methyl sites for hydroxylation is 1. The Morgan fingerprint density at radius 3 is 2.91 bits per heavy atom. The van der Waals surface area contributed by atoms with Gasteiger partial charge in [0.1, 0.15) is 19.0 Å². The molecule has 2 aliphatic rings. The van der Waals surface area contributed by atoms with Gasteiger partial charge in [-0.1, -0.05) is 29.4 Å². The van der Waals surface area contributed by atoms with Crippen molar-refractivity contribution in [2.24, 2.45) is 18.9 Å². The number of aromatic nitrogens is 6. The van der Waals surface area contributed by atoms with E-state index in [1.807, 2.05) is 24.3 Å². The Morgan fingerprint density at radius 2 is 2.12 bits per heavy atom. The van der Waals surface area contributed by atoms with E-state index in [1.54, 1.807) is 24.9 Å². The normalized spacial score (nSPS) is 22.7. The van der Waals surface area contributed by atoms with Gasteiger partial charge in [0.2, 0.25) is 5.89 Å². The lowest BCUT2D eigenvalue weighted by Crippen LogP contribution is -2.22. The summed E-state index contributed by atoms with van der Waals surface area (Å²) in [6.45, 7) is 1.72. The quantitative estimate of drug-likeness (QED) is 0.480. The van der Waals surface area contributed by atoms with E-state index in [2.05, 4.69) is 26.2 Å². The van der Waals surface area contributed by atoms with Crippen LogP contribution >= 0.6 is 0 Å². The third kappa shape index (κ3) is 2.99. The molecule has 32 heavy (non-hydrogen) atoms. The largest absolute Gasteiger partial charge is 0.337 e. The zero-order chi connectivity index (χ0) is 22.0. The standard InChI is InChI=1S/C23H21FN6O2/c1-12(24)13-4-3-5-14(6-13)15-7-16-17(8-15)19(16)21-27-18(32-28-21)9-30-11-26-22-20(23(30)31)29(2)10-25-22/h3-7,10-12,16-17,19H,8-9H2,1-2H3. The van der Waals surface area contributed by atoms with E-state index < -0.39 is 6.17 Å². The molecule has 2 aliphatic carbocycles. The molecule has 4 unspecified atom stereocenters. The number of allylic oxidation sites excluding steroid dienone is 2. The van der Waals surface area contributed by atoms with Crippen molar-refractivity contribution in [3.8, 4) is 0 Å². The van der Waals surface area contributed by atoms with Gasteiger partial charge in [-0.25, -0.2) is 14.4 Å². The van der Waals surface area contributed by atoms with Crippen molar-refractivity contribution in [2.45, 2.75) is 32.0 Å². The number of alkyl halides is 1. The molecule has 3 aromatic heterocycles. The Labute approximate surface area is 182 Å². The second kappa shape index (κ2) is 6.94. The van der Waals surface area contributed by atoms with Crippen LogP contribution in [0.15, 0.2) is 52.3 Å². The van der Waals surface area contributed by atoms with Gasteiger partial charge in [-0.15, -0.1) is 0 Å². The molecule has 0 amide bonds. The summed E-state index contributed by atoms with van der Waals surface area (Å²) in [4.78, 5) is 25.6. The van der Waals surface area contributed by atoms with Crippen LogP contribution in [0.25, 0.3) is 16.7 Å². The van der Waals surface area contributed by atoms with Crippen molar-refractivity contribution >= 4 is 16.7 Å². The van der Waals surface area contributed by atoms with Gasteiger partial charge < -0.3 is 9.09 Å². The predicted molar refractivity (Wildman–Crippen MR) is 114 cm³/mol. The van der Waals surface area contributed by atoms with Crippen LogP contribution in [0.3, 0.4) is 0 Å². The lowest BCUT2D eigenvalue weighted by molar-refractivity contribution is 0.364. The van der Waals surface area contributed by atoms with Gasteiger partial charge in [-0.3, -0.25) is 9.36 Å². The van der Waals surface area contributed by atoms with E-state index in [1.165, 1.54) is 16.5 Å². The van der Waals surface area contributed by atoms with Crippen LogP contribution in [0.5, 0.6) is 0 Å². The Morgan fingerprint density at radius 1 is 1.28 bits per heavy atom. The Hall–Kier alpha value is -3.62. The molecule has 9 heteroatoms. The van der Waals surface area contributed by atoms with Gasteiger partial charge in [0.25, 0.3) is 5.56 Å². The monoisotopic (exact) mass is 432 g/mol. The fourth-order valence-corrected chi connectivity index (χ4v) is 4.81. The van der Waals surface area contributed by atoms with Gasteiger partial charge in [-0.2, -0.15) is 4.98 Å². The summed E-state index contributed by atoms with van der Waals surface area (Å²) in [5.41, 5.74) is 3.70. The van der Waals surface area contributed by atoms with Crippen LogP contribution in [-0.2, 0) is 13.6 Å². The van der Waals surface area contributed by atoms with Crippen molar-refractivity contribution in [1.29, 1.82) is 0 Å². The third-order valence-electron chi connectivity index (χ3n) is 6.58. The highest BCUT2D eigenvalue weighted by molar-refractivity contribution is 5.71. The molecule has 6 rings (SSSR count). The fraction of sp³-hybridized carbons (Fsp3) is 0.348. The maximum Gasteiger partial charge on any atom is 0.280 e. The lowest BCUT2D eigenvalue weighted by atomic mass is 9.98. The summed E-state index contributed by atoms with van der Waals surface area (Å²) >= 11 is 0. The smallest absolute Gasteiger partial charge is 0.280 e. The predicted octanol–water partition coefficient (Wildman–Crippen LogP) is 3.41. The van der Waals surface area contributed by atoms with Crippen LogP contribution in [0, 0.1) is 11.8 Å². The molecule has 0 bridgehead atoms. The molecular weight excluding hydrogens is 411 g/mol. The van der Waals surface area contributed by atoms with Crippen LogP contribution in [-0.4, -0.2) is 29.2 Å². The minimum absolute atomic E-state index is 0.164. The van der Waals surface area contributed by atoms with E-state index >= 15 is 0 Å². The number of imidazole rings is 1. The van der Waals surface area contributed by atoms with Crippen LogP contribution < -0.4 is 5.56 Å². The maximum atomic E-state index is 13.7. The van der Waals surface area contributed by atoms with Gasteiger partial charge in [0, 0.05) is 13.0 Å². The first-order chi connectivity index (χ1) is 15.5. The first-order valence-corrected chi connectivity index (χ1v) is 10.6. The Balaban J connectivity index is 1.19. The minimum Gasteiger partial charge on any atom is -0.337 e. The molecule has 0 saturated heterocycles. The highest BCUT2D eigenvalue weighted by Crippen LogP contribution is 2.62. The lowest BCUT2D eigenvalue weighted by Gasteiger charge is -2.09. The van der Waals surface area contributed by atoms with Crippen molar-refractivity contribution in [1.82, 2.24) is 29.2 Å². The second-order valence-electron chi connectivity index (χ2n) is 8.66. The maximum absolute atomic E-state index is 13.7. The summed E-state index contributed by atoms with van der Waals surface area (Å²) in [7, 11) is 1.76. The summed E-state index contributed by atoms with van der Waals surface area (Å²) in [5, 5.41) is 4.17. The molecule has 1 fully saturated rings. The number of hydrogen-bond acceptors (Lipinski definition) is 6. The molecule has 1 aromatic carbocycles. The molecule has 3 heterocycles. The number of benzene rings is 1.